The third-order valence-electron chi connectivity index (χ3n) is 2.44. The number of benzene rings is 1. The topological polar surface area (TPSA) is 60.0 Å². The molecule has 0 radical (unpaired) electrons. The lowest BCUT2D eigenvalue weighted by atomic mass is 10.1. The maximum atomic E-state index is 8.96. The van der Waals surface area contributed by atoms with Crippen molar-refractivity contribution in [1.29, 1.82) is 10.5 Å². The van der Waals surface area contributed by atoms with Gasteiger partial charge in [-0.1, -0.05) is 6.07 Å². The molecule has 0 heterocycles. The fourth-order valence-electron chi connectivity index (χ4n) is 1.57. The van der Waals surface area contributed by atoms with E-state index in [1.165, 1.54) is 0 Å². The first-order valence-electron chi connectivity index (χ1n) is 5.33. The summed E-state index contributed by atoms with van der Waals surface area (Å²) in [5.41, 5.74) is 1.58. The van der Waals surface area contributed by atoms with Crippen LogP contribution < -0.4 is 4.74 Å². The van der Waals surface area contributed by atoms with Gasteiger partial charge in [-0.05, 0) is 24.7 Å². The predicted octanol–water partition coefficient (Wildman–Crippen LogP) is 1.91. The minimum absolute atomic E-state index is 0.512. The molecule has 4 heteroatoms. The van der Waals surface area contributed by atoms with Crippen molar-refractivity contribution in [3.05, 3.63) is 29.3 Å². The van der Waals surface area contributed by atoms with E-state index in [4.69, 9.17) is 15.3 Å². The zero-order chi connectivity index (χ0) is 12.7. The second kappa shape index (κ2) is 6.52. The van der Waals surface area contributed by atoms with Crippen LogP contribution >= 0.6 is 0 Å². The minimum Gasteiger partial charge on any atom is -0.495 e. The largest absolute Gasteiger partial charge is 0.495 e. The van der Waals surface area contributed by atoms with E-state index in [9.17, 15) is 0 Å². The summed E-state index contributed by atoms with van der Waals surface area (Å²) in [5, 5.41) is 17.5. The lowest BCUT2D eigenvalue weighted by molar-refractivity contribution is 0.334. The van der Waals surface area contributed by atoms with Crippen LogP contribution in [0, 0.1) is 22.7 Å². The van der Waals surface area contributed by atoms with Crippen molar-refractivity contribution in [3.8, 4) is 17.9 Å². The number of methoxy groups -OCH3 is 1. The maximum Gasteiger partial charge on any atom is 0.136 e. The average molecular weight is 229 g/mol. The molecule has 0 aliphatic heterocycles. The van der Waals surface area contributed by atoms with Gasteiger partial charge in [0.15, 0.2) is 0 Å². The molecule has 0 unspecified atom stereocenters. The van der Waals surface area contributed by atoms with Gasteiger partial charge >= 0.3 is 0 Å². The Morgan fingerprint density at radius 3 is 2.71 bits per heavy atom. The van der Waals surface area contributed by atoms with Crippen LogP contribution in [-0.4, -0.2) is 25.6 Å². The first kappa shape index (κ1) is 13.0. The van der Waals surface area contributed by atoms with Crippen molar-refractivity contribution < 1.29 is 4.74 Å². The summed E-state index contributed by atoms with van der Waals surface area (Å²) >= 11 is 0. The van der Waals surface area contributed by atoms with E-state index >= 15 is 0 Å². The molecule has 0 fully saturated rings. The molecule has 4 nitrogen and oxygen atoms in total. The zero-order valence-corrected chi connectivity index (χ0v) is 10.1. The fourth-order valence-corrected chi connectivity index (χ4v) is 1.57. The second-order valence-electron chi connectivity index (χ2n) is 3.79. The summed E-state index contributed by atoms with van der Waals surface area (Å²) < 4.78 is 5.08. The van der Waals surface area contributed by atoms with E-state index in [1.54, 1.807) is 13.2 Å². The van der Waals surface area contributed by atoms with Gasteiger partial charge in [0.25, 0.3) is 0 Å². The number of hydrogen-bond donors (Lipinski definition) is 0. The van der Waals surface area contributed by atoms with Crippen molar-refractivity contribution in [1.82, 2.24) is 4.90 Å². The van der Waals surface area contributed by atoms with Crippen LogP contribution in [0.3, 0.4) is 0 Å². The van der Waals surface area contributed by atoms with E-state index in [0.29, 0.717) is 17.7 Å². The van der Waals surface area contributed by atoms with Crippen molar-refractivity contribution in [2.75, 3.05) is 20.7 Å². The van der Waals surface area contributed by atoms with E-state index in [2.05, 4.69) is 12.1 Å². The summed E-state index contributed by atoms with van der Waals surface area (Å²) in [5.74, 6) is 0.593. The van der Waals surface area contributed by atoms with E-state index < -0.39 is 0 Å². The van der Waals surface area contributed by atoms with Crippen LogP contribution in [0.2, 0.25) is 0 Å². The summed E-state index contributed by atoms with van der Waals surface area (Å²) in [6, 6.07) is 9.77. The SMILES string of the molecule is COc1ccc(CN(C)CCC#N)cc1C#N. The van der Waals surface area contributed by atoms with Crippen LogP contribution in [-0.2, 0) is 6.54 Å². The molecular formula is C13H15N3O. The molecule has 0 saturated carbocycles. The highest BCUT2D eigenvalue weighted by atomic mass is 16.5. The Bertz CT molecular complexity index is 457. The highest BCUT2D eigenvalue weighted by molar-refractivity contribution is 5.45. The Morgan fingerprint density at radius 1 is 1.35 bits per heavy atom. The molecular weight excluding hydrogens is 214 g/mol. The third kappa shape index (κ3) is 3.79. The van der Waals surface area contributed by atoms with Gasteiger partial charge in [-0.3, -0.25) is 0 Å². The number of ether oxygens (including phenoxy) is 1. The molecule has 1 aromatic rings. The van der Waals surface area contributed by atoms with Crippen LogP contribution in [0.4, 0.5) is 0 Å². The van der Waals surface area contributed by atoms with Gasteiger partial charge in [-0.2, -0.15) is 10.5 Å². The number of nitriles is 2. The molecule has 1 aromatic carbocycles. The smallest absolute Gasteiger partial charge is 0.136 e. The van der Waals surface area contributed by atoms with Gasteiger partial charge in [-0.25, -0.2) is 0 Å². The first-order chi connectivity index (χ1) is 8.21. The standard InChI is InChI=1S/C13H15N3O/c1-16(7-3-6-14)10-11-4-5-13(17-2)12(8-11)9-15/h4-5,8H,3,7,10H2,1-2H3. The third-order valence-corrected chi connectivity index (χ3v) is 2.44. The molecule has 0 saturated heterocycles. The quantitative estimate of drug-likeness (QED) is 0.773. The Labute approximate surface area is 102 Å². The summed E-state index contributed by atoms with van der Waals surface area (Å²) in [6.07, 6.45) is 0.512. The van der Waals surface area contributed by atoms with E-state index in [0.717, 1.165) is 18.7 Å². The van der Waals surface area contributed by atoms with Crippen molar-refractivity contribution in [2.45, 2.75) is 13.0 Å². The lowest BCUT2D eigenvalue weighted by Gasteiger charge is -2.15. The van der Waals surface area contributed by atoms with Gasteiger partial charge in [-0.15, -0.1) is 0 Å². The molecule has 1 rings (SSSR count). The Hall–Kier alpha value is -2.04. The molecule has 88 valence electrons. The van der Waals surface area contributed by atoms with Crippen LogP contribution in [0.1, 0.15) is 17.5 Å². The summed E-state index contributed by atoms with van der Waals surface area (Å²) in [6.45, 7) is 1.45. The first-order valence-corrected chi connectivity index (χ1v) is 5.33. The molecule has 0 spiro atoms. The number of rotatable bonds is 5. The molecule has 0 aromatic heterocycles. The predicted molar refractivity (Wildman–Crippen MR) is 64.3 cm³/mol. The van der Waals surface area contributed by atoms with Gasteiger partial charge in [0.1, 0.15) is 11.8 Å². The second-order valence-corrected chi connectivity index (χ2v) is 3.79. The molecule has 0 amide bonds. The van der Waals surface area contributed by atoms with Crippen molar-refractivity contribution in [2.24, 2.45) is 0 Å². The molecule has 0 N–H and O–H groups in total. The normalized spacial score (nSPS) is 9.71. The van der Waals surface area contributed by atoms with Crippen LogP contribution in [0.25, 0.3) is 0 Å². The number of hydrogen-bond acceptors (Lipinski definition) is 4. The van der Waals surface area contributed by atoms with Gasteiger partial charge < -0.3 is 9.64 Å². The highest BCUT2D eigenvalue weighted by Crippen LogP contribution is 2.19. The van der Waals surface area contributed by atoms with Gasteiger partial charge in [0.2, 0.25) is 0 Å². The fraction of sp³-hybridized carbons (Fsp3) is 0.385. The van der Waals surface area contributed by atoms with Gasteiger partial charge in [0, 0.05) is 19.5 Å². The van der Waals surface area contributed by atoms with Gasteiger partial charge in [0.05, 0.1) is 18.7 Å². The Kier molecular flexibility index (Phi) is 5.00. The maximum absolute atomic E-state index is 8.96. The minimum atomic E-state index is 0.512. The molecule has 0 bridgehead atoms. The Morgan fingerprint density at radius 2 is 2.12 bits per heavy atom. The molecule has 0 aliphatic carbocycles. The lowest BCUT2D eigenvalue weighted by Crippen LogP contribution is -2.18. The molecule has 0 aliphatic rings. The van der Waals surface area contributed by atoms with E-state index in [-0.39, 0.29) is 0 Å². The Balaban J connectivity index is 2.73. The highest BCUT2D eigenvalue weighted by Gasteiger charge is 2.05. The van der Waals surface area contributed by atoms with Crippen LogP contribution in [0.15, 0.2) is 18.2 Å². The average Bonchev–Trinajstić information content (AvgIpc) is 2.36. The van der Waals surface area contributed by atoms with Crippen molar-refractivity contribution >= 4 is 0 Å². The summed E-state index contributed by atoms with van der Waals surface area (Å²) in [7, 11) is 3.50. The molecule has 0 atom stereocenters. The van der Waals surface area contributed by atoms with E-state index in [1.807, 2.05) is 24.1 Å². The monoisotopic (exact) mass is 229 g/mol. The summed E-state index contributed by atoms with van der Waals surface area (Å²) in [4.78, 5) is 2.05. The zero-order valence-electron chi connectivity index (χ0n) is 10.1. The molecule has 17 heavy (non-hydrogen) atoms. The van der Waals surface area contributed by atoms with Crippen molar-refractivity contribution in [3.63, 3.8) is 0 Å². The number of nitrogens with zero attached hydrogens (tertiary/aromatic N) is 3. The van der Waals surface area contributed by atoms with Crippen LogP contribution in [0.5, 0.6) is 5.75 Å².